The van der Waals surface area contributed by atoms with Gasteiger partial charge >= 0.3 is 0 Å². The van der Waals surface area contributed by atoms with Crippen molar-refractivity contribution in [2.75, 3.05) is 7.11 Å². The Hall–Kier alpha value is -3.19. The summed E-state index contributed by atoms with van der Waals surface area (Å²) in [5.41, 5.74) is 2.12. The van der Waals surface area contributed by atoms with Crippen LogP contribution >= 0.6 is 12.2 Å². The first kappa shape index (κ1) is 17.6. The zero-order valence-corrected chi connectivity index (χ0v) is 15.0. The van der Waals surface area contributed by atoms with Gasteiger partial charge in [0.25, 0.3) is 0 Å². The quantitative estimate of drug-likeness (QED) is 0.394. The number of phenols is 1. The van der Waals surface area contributed by atoms with Crippen molar-refractivity contribution in [2.24, 2.45) is 5.10 Å². The lowest BCUT2D eigenvalue weighted by molar-refractivity contribution is 0.416. The first-order valence-electron chi connectivity index (χ1n) is 7.92. The van der Waals surface area contributed by atoms with E-state index in [2.05, 4.69) is 21.9 Å². The predicted molar refractivity (Wildman–Crippen MR) is 104 cm³/mol. The molecular formula is C19H18N4O2S. The average Bonchev–Trinajstić information content (AvgIpc) is 3.03. The first-order valence-corrected chi connectivity index (χ1v) is 8.33. The molecule has 2 N–H and O–H groups in total. The van der Waals surface area contributed by atoms with Gasteiger partial charge in [-0.3, -0.25) is 0 Å². The van der Waals surface area contributed by atoms with E-state index in [1.54, 1.807) is 25.5 Å². The number of aromatic hydroxyl groups is 1. The highest BCUT2D eigenvalue weighted by Gasteiger charge is 2.13. The second kappa shape index (κ2) is 7.79. The maximum Gasteiger partial charge on any atom is 0.216 e. The molecule has 7 heteroatoms. The molecule has 0 radical (unpaired) electrons. The molecule has 2 aromatic carbocycles. The molecule has 0 unspecified atom stereocenters. The van der Waals surface area contributed by atoms with Crippen LogP contribution in [-0.2, 0) is 6.42 Å². The number of hydrogen-bond acceptors (Lipinski definition) is 5. The molecule has 26 heavy (non-hydrogen) atoms. The maximum absolute atomic E-state index is 10.4. The summed E-state index contributed by atoms with van der Waals surface area (Å²) < 4.78 is 7.22. The molecule has 0 spiro atoms. The summed E-state index contributed by atoms with van der Waals surface area (Å²) in [5, 5.41) is 21.8. The molecule has 1 heterocycles. The Kier molecular flexibility index (Phi) is 5.28. The monoisotopic (exact) mass is 366 g/mol. The van der Waals surface area contributed by atoms with Crippen molar-refractivity contribution in [3.8, 4) is 22.9 Å². The minimum absolute atomic E-state index is 0.171. The van der Waals surface area contributed by atoms with Gasteiger partial charge < -0.3 is 9.84 Å². The van der Waals surface area contributed by atoms with Gasteiger partial charge in [0.05, 0.1) is 18.9 Å². The number of para-hydroxylation sites is 2. The Morgan fingerprint density at radius 3 is 2.88 bits per heavy atom. The fourth-order valence-electron chi connectivity index (χ4n) is 2.56. The summed E-state index contributed by atoms with van der Waals surface area (Å²) in [4.78, 5) is 0. The molecule has 0 bridgehead atoms. The Bertz CT molecular complexity index is 1020. The van der Waals surface area contributed by atoms with E-state index in [1.807, 2.05) is 36.4 Å². The number of aromatic nitrogens is 3. The van der Waals surface area contributed by atoms with E-state index in [-0.39, 0.29) is 5.75 Å². The highest BCUT2D eigenvalue weighted by Crippen LogP contribution is 2.28. The number of hydrogen-bond donors (Lipinski definition) is 2. The number of H-pyrrole nitrogens is 1. The fraction of sp³-hybridized carbons (Fsp3) is 0.105. The molecule has 0 aliphatic carbocycles. The maximum atomic E-state index is 10.4. The van der Waals surface area contributed by atoms with Crippen LogP contribution in [-0.4, -0.2) is 33.3 Å². The van der Waals surface area contributed by atoms with Crippen LogP contribution in [0.3, 0.4) is 0 Å². The van der Waals surface area contributed by atoms with Crippen LogP contribution in [0.2, 0.25) is 0 Å². The Balaban J connectivity index is 2.03. The van der Waals surface area contributed by atoms with E-state index in [1.165, 1.54) is 4.68 Å². The first-order chi connectivity index (χ1) is 12.7. The number of rotatable bonds is 6. The molecule has 132 valence electrons. The van der Waals surface area contributed by atoms with Crippen molar-refractivity contribution in [3.05, 3.63) is 71.0 Å². The van der Waals surface area contributed by atoms with E-state index >= 15 is 0 Å². The van der Waals surface area contributed by atoms with Crippen molar-refractivity contribution in [2.45, 2.75) is 6.42 Å². The molecule has 3 aromatic rings. The van der Waals surface area contributed by atoms with Crippen molar-refractivity contribution in [1.29, 1.82) is 0 Å². The largest absolute Gasteiger partial charge is 0.507 e. The van der Waals surface area contributed by atoms with Crippen LogP contribution in [0.25, 0.3) is 11.4 Å². The van der Waals surface area contributed by atoms with Gasteiger partial charge in [-0.05, 0) is 42.4 Å². The van der Waals surface area contributed by atoms with Gasteiger partial charge in [0.2, 0.25) is 4.77 Å². The molecule has 3 rings (SSSR count). The SMILES string of the molecule is C=CCc1cccc(/C=N/n2c(-c3ccccc3OC)n[nH]c2=S)c1O. The summed E-state index contributed by atoms with van der Waals surface area (Å²) in [5.74, 6) is 1.35. The van der Waals surface area contributed by atoms with Gasteiger partial charge in [-0.15, -0.1) is 6.58 Å². The minimum atomic E-state index is 0.171. The number of aromatic amines is 1. The summed E-state index contributed by atoms with van der Waals surface area (Å²) in [6, 6.07) is 12.9. The molecule has 0 saturated heterocycles. The smallest absolute Gasteiger partial charge is 0.216 e. The lowest BCUT2D eigenvalue weighted by Crippen LogP contribution is -1.97. The number of methoxy groups -OCH3 is 1. The minimum Gasteiger partial charge on any atom is -0.507 e. The molecule has 0 aliphatic heterocycles. The zero-order chi connectivity index (χ0) is 18.5. The topological polar surface area (TPSA) is 75.4 Å². The van der Waals surface area contributed by atoms with Gasteiger partial charge in [0.15, 0.2) is 5.82 Å². The van der Waals surface area contributed by atoms with E-state index < -0.39 is 0 Å². The van der Waals surface area contributed by atoms with Crippen LogP contribution < -0.4 is 4.74 Å². The third-order valence-electron chi connectivity index (χ3n) is 3.83. The molecule has 0 aliphatic rings. The van der Waals surface area contributed by atoms with Crippen LogP contribution in [0, 0.1) is 4.77 Å². The third-order valence-corrected chi connectivity index (χ3v) is 4.09. The Labute approximate surface area is 156 Å². The standard InChI is InChI=1S/C19H18N4O2S/c1-3-7-13-8-6-9-14(17(13)24)12-20-23-18(21-22-19(23)26)15-10-4-5-11-16(15)25-2/h3-6,8-12,24H,1,7H2,2H3,(H,22,26)/b20-12+. The molecule has 0 fully saturated rings. The van der Waals surface area contributed by atoms with Crippen molar-refractivity contribution < 1.29 is 9.84 Å². The summed E-state index contributed by atoms with van der Waals surface area (Å²) in [6.07, 6.45) is 3.86. The summed E-state index contributed by atoms with van der Waals surface area (Å²) in [7, 11) is 1.59. The zero-order valence-electron chi connectivity index (χ0n) is 14.2. The van der Waals surface area contributed by atoms with Crippen LogP contribution in [0.1, 0.15) is 11.1 Å². The third kappa shape index (κ3) is 3.43. The van der Waals surface area contributed by atoms with E-state index in [4.69, 9.17) is 17.0 Å². The Morgan fingerprint density at radius 2 is 2.12 bits per heavy atom. The molecule has 0 amide bonds. The second-order valence-electron chi connectivity index (χ2n) is 5.46. The van der Waals surface area contributed by atoms with Crippen LogP contribution in [0.4, 0.5) is 0 Å². The van der Waals surface area contributed by atoms with Gasteiger partial charge in [0, 0.05) is 5.56 Å². The van der Waals surface area contributed by atoms with E-state index in [9.17, 15) is 5.11 Å². The van der Waals surface area contributed by atoms with E-state index in [0.717, 1.165) is 11.1 Å². The van der Waals surface area contributed by atoms with Crippen molar-refractivity contribution >= 4 is 18.4 Å². The second-order valence-corrected chi connectivity index (χ2v) is 5.84. The number of ether oxygens (including phenoxy) is 1. The van der Waals surface area contributed by atoms with Crippen LogP contribution in [0.15, 0.2) is 60.2 Å². The predicted octanol–water partition coefficient (Wildman–Crippen LogP) is 3.93. The molecule has 0 saturated carbocycles. The number of phenolic OH excluding ortho intramolecular Hbond substituents is 1. The molecule has 1 aromatic heterocycles. The highest BCUT2D eigenvalue weighted by atomic mass is 32.1. The van der Waals surface area contributed by atoms with Crippen LogP contribution in [0.5, 0.6) is 11.5 Å². The van der Waals surface area contributed by atoms with Gasteiger partial charge in [0.1, 0.15) is 11.5 Å². The fourth-order valence-corrected chi connectivity index (χ4v) is 2.74. The van der Waals surface area contributed by atoms with Crippen molar-refractivity contribution in [3.63, 3.8) is 0 Å². The lowest BCUT2D eigenvalue weighted by atomic mass is 10.1. The normalized spacial score (nSPS) is 11.0. The number of nitrogens with one attached hydrogen (secondary N) is 1. The number of allylic oxidation sites excluding steroid dienone is 1. The summed E-state index contributed by atoms with van der Waals surface area (Å²) >= 11 is 5.28. The highest BCUT2D eigenvalue weighted by molar-refractivity contribution is 7.71. The lowest BCUT2D eigenvalue weighted by Gasteiger charge is -2.07. The van der Waals surface area contributed by atoms with Crippen molar-refractivity contribution in [1.82, 2.24) is 14.9 Å². The van der Waals surface area contributed by atoms with Gasteiger partial charge in [-0.2, -0.15) is 14.9 Å². The van der Waals surface area contributed by atoms with Gasteiger partial charge in [-0.1, -0.05) is 30.3 Å². The average molecular weight is 366 g/mol. The number of nitrogens with zero attached hydrogens (tertiary/aromatic N) is 3. The van der Waals surface area contributed by atoms with E-state index in [0.29, 0.717) is 28.3 Å². The number of benzene rings is 2. The molecule has 6 nitrogen and oxygen atoms in total. The molecule has 0 atom stereocenters. The molecular weight excluding hydrogens is 348 g/mol. The summed E-state index contributed by atoms with van der Waals surface area (Å²) in [6.45, 7) is 3.70. The Morgan fingerprint density at radius 1 is 1.31 bits per heavy atom. The van der Waals surface area contributed by atoms with Gasteiger partial charge in [-0.25, -0.2) is 5.10 Å².